The number of likely N-dealkylation sites (tertiary alicyclic amines) is 2. The van der Waals surface area contributed by atoms with Crippen LogP contribution in [0.5, 0.6) is 0 Å². The van der Waals surface area contributed by atoms with E-state index in [0.717, 1.165) is 47.1 Å². The largest absolute Gasteiger partial charge is 0.338 e. The van der Waals surface area contributed by atoms with E-state index in [2.05, 4.69) is 36.9 Å². The number of carbonyl (C=O) groups excluding carboxylic acids is 1. The molecule has 0 N–H and O–H groups in total. The van der Waals surface area contributed by atoms with Gasteiger partial charge in [0, 0.05) is 24.7 Å². The number of rotatable bonds is 3. The predicted molar refractivity (Wildman–Crippen MR) is 116 cm³/mol. The summed E-state index contributed by atoms with van der Waals surface area (Å²) in [6.45, 7) is 10.5. The smallest absolute Gasteiger partial charge is 0.265 e. The van der Waals surface area contributed by atoms with Crippen LogP contribution in [0.4, 0.5) is 0 Å². The first-order chi connectivity index (χ1) is 13.5. The van der Waals surface area contributed by atoms with Crippen LogP contribution < -0.4 is 0 Å². The lowest BCUT2D eigenvalue weighted by atomic mass is 10.00. The van der Waals surface area contributed by atoms with Crippen LogP contribution >= 0.6 is 11.3 Å². The van der Waals surface area contributed by atoms with E-state index in [1.165, 1.54) is 43.5 Å². The molecule has 1 aromatic heterocycles. The summed E-state index contributed by atoms with van der Waals surface area (Å²) in [7, 11) is 0. The highest BCUT2D eigenvalue weighted by molar-refractivity contribution is 7.17. The van der Waals surface area contributed by atoms with Crippen molar-refractivity contribution in [1.29, 1.82) is 0 Å². The van der Waals surface area contributed by atoms with Crippen LogP contribution in [0.3, 0.4) is 0 Å². The number of piperidine rings is 2. The molecule has 0 radical (unpaired) electrons. The van der Waals surface area contributed by atoms with Crippen molar-refractivity contribution in [3.63, 3.8) is 0 Å². The van der Waals surface area contributed by atoms with Gasteiger partial charge in [0.15, 0.2) is 0 Å². The fourth-order valence-corrected chi connectivity index (χ4v) is 5.67. The van der Waals surface area contributed by atoms with E-state index in [1.807, 2.05) is 11.8 Å². The number of carbonyl (C=O) groups is 1. The minimum Gasteiger partial charge on any atom is -0.338 e. The van der Waals surface area contributed by atoms with Crippen molar-refractivity contribution < 1.29 is 4.79 Å². The standard InChI is InChI=1S/C23H31N3OS/c1-16-8-7-9-20(17(16)2)22-24-18(3)21(28-22)23(27)26-14-10-19(11-15-26)25-12-5-4-6-13-25/h7-9,19H,4-6,10-15H2,1-3H3. The highest BCUT2D eigenvalue weighted by Gasteiger charge is 2.29. The first kappa shape index (κ1) is 19.6. The van der Waals surface area contributed by atoms with Crippen LogP contribution in [0.15, 0.2) is 18.2 Å². The zero-order valence-corrected chi connectivity index (χ0v) is 18.1. The summed E-state index contributed by atoms with van der Waals surface area (Å²) in [5.41, 5.74) is 4.52. The third-order valence-electron chi connectivity index (χ3n) is 6.48. The Morgan fingerprint density at radius 3 is 2.46 bits per heavy atom. The lowest BCUT2D eigenvalue weighted by Gasteiger charge is -2.40. The van der Waals surface area contributed by atoms with Crippen LogP contribution in [0.1, 0.15) is 58.6 Å². The molecule has 0 spiro atoms. The highest BCUT2D eigenvalue weighted by atomic mass is 32.1. The Balaban J connectivity index is 1.46. The maximum absolute atomic E-state index is 13.2. The number of thiazole rings is 1. The molecule has 1 amide bonds. The summed E-state index contributed by atoms with van der Waals surface area (Å²) in [5.74, 6) is 0.170. The molecule has 1 aromatic carbocycles. The van der Waals surface area contributed by atoms with Crippen LogP contribution in [0.2, 0.25) is 0 Å². The monoisotopic (exact) mass is 397 g/mol. The molecule has 2 aliphatic heterocycles. The maximum Gasteiger partial charge on any atom is 0.265 e. The zero-order chi connectivity index (χ0) is 19.7. The molecule has 5 heteroatoms. The van der Waals surface area contributed by atoms with Gasteiger partial charge in [0.2, 0.25) is 0 Å². The molecule has 2 aliphatic rings. The van der Waals surface area contributed by atoms with E-state index in [4.69, 9.17) is 4.98 Å². The van der Waals surface area contributed by atoms with E-state index < -0.39 is 0 Å². The second-order valence-electron chi connectivity index (χ2n) is 8.30. The summed E-state index contributed by atoms with van der Waals surface area (Å²) in [6, 6.07) is 6.97. The molecule has 2 fully saturated rings. The molecule has 2 aromatic rings. The van der Waals surface area contributed by atoms with Crippen LogP contribution in [-0.2, 0) is 0 Å². The minimum absolute atomic E-state index is 0.170. The fraction of sp³-hybridized carbons (Fsp3) is 0.565. The van der Waals surface area contributed by atoms with Crippen molar-refractivity contribution in [2.75, 3.05) is 26.2 Å². The molecular formula is C23H31N3OS. The molecule has 2 saturated heterocycles. The topological polar surface area (TPSA) is 36.4 Å². The van der Waals surface area contributed by atoms with Gasteiger partial charge in [0.1, 0.15) is 9.88 Å². The SMILES string of the molecule is Cc1cccc(-c2nc(C)c(C(=O)N3CCC(N4CCCCC4)CC3)s2)c1C. The van der Waals surface area contributed by atoms with Gasteiger partial charge in [0.25, 0.3) is 5.91 Å². The lowest BCUT2D eigenvalue weighted by molar-refractivity contribution is 0.0593. The Morgan fingerprint density at radius 1 is 1.04 bits per heavy atom. The van der Waals surface area contributed by atoms with Gasteiger partial charge in [-0.3, -0.25) is 4.79 Å². The number of aromatic nitrogens is 1. The fourth-order valence-electron chi connectivity index (χ4n) is 4.55. The number of nitrogens with zero attached hydrogens (tertiary/aromatic N) is 3. The second-order valence-corrected chi connectivity index (χ2v) is 9.30. The molecule has 150 valence electrons. The highest BCUT2D eigenvalue weighted by Crippen LogP contribution is 2.32. The average Bonchev–Trinajstić information content (AvgIpc) is 3.11. The van der Waals surface area contributed by atoms with E-state index >= 15 is 0 Å². The Hall–Kier alpha value is -1.72. The van der Waals surface area contributed by atoms with Gasteiger partial charge in [-0.05, 0) is 70.7 Å². The second kappa shape index (κ2) is 8.34. The minimum atomic E-state index is 0.170. The maximum atomic E-state index is 13.2. The number of aryl methyl sites for hydroxylation is 2. The van der Waals surface area contributed by atoms with Gasteiger partial charge in [-0.15, -0.1) is 11.3 Å². The normalized spacial score (nSPS) is 19.2. The van der Waals surface area contributed by atoms with E-state index in [1.54, 1.807) is 11.3 Å². The average molecular weight is 398 g/mol. The molecule has 28 heavy (non-hydrogen) atoms. The quantitative estimate of drug-likeness (QED) is 0.745. The Morgan fingerprint density at radius 2 is 1.75 bits per heavy atom. The molecule has 0 unspecified atom stereocenters. The molecule has 3 heterocycles. The van der Waals surface area contributed by atoms with E-state index in [9.17, 15) is 4.79 Å². The Bertz CT molecular complexity index is 846. The van der Waals surface area contributed by atoms with E-state index in [0.29, 0.717) is 6.04 Å². The van der Waals surface area contributed by atoms with Crippen LogP contribution in [0.25, 0.3) is 10.6 Å². The molecule has 0 atom stereocenters. The molecule has 4 nitrogen and oxygen atoms in total. The van der Waals surface area contributed by atoms with Crippen molar-refractivity contribution in [2.45, 2.75) is 58.9 Å². The van der Waals surface area contributed by atoms with Crippen molar-refractivity contribution >= 4 is 17.2 Å². The van der Waals surface area contributed by atoms with Gasteiger partial charge in [0.05, 0.1) is 5.69 Å². The number of benzene rings is 1. The molecule has 0 saturated carbocycles. The van der Waals surface area contributed by atoms with Crippen molar-refractivity contribution in [1.82, 2.24) is 14.8 Å². The summed E-state index contributed by atoms with van der Waals surface area (Å²) in [6.07, 6.45) is 6.25. The first-order valence-electron chi connectivity index (χ1n) is 10.6. The van der Waals surface area contributed by atoms with Gasteiger partial charge >= 0.3 is 0 Å². The van der Waals surface area contributed by atoms with E-state index in [-0.39, 0.29) is 5.91 Å². The third kappa shape index (κ3) is 3.87. The van der Waals surface area contributed by atoms with Crippen molar-refractivity contribution in [2.24, 2.45) is 0 Å². The summed E-state index contributed by atoms with van der Waals surface area (Å²) >= 11 is 1.55. The van der Waals surface area contributed by atoms with Gasteiger partial charge in [-0.1, -0.05) is 24.6 Å². The van der Waals surface area contributed by atoms with Gasteiger partial charge < -0.3 is 9.80 Å². The Labute approximate surface area is 172 Å². The van der Waals surface area contributed by atoms with Gasteiger partial charge in [-0.25, -0.2) is 4.98 Å². The number of amides is 1. The summed E-state index contributed by atoms with van der Waals surface area (Å²) in [4.78, 5) is 23.4. The van der Waals surface area contributed by atoms with Crippen LogP contribution in [0, 0.1) is 20.8 Å². The molecule has 0 aliphatic carbocycles. The zero-order valence-electron chi connectivity index (χ0n) is 17.3. The lowest BCUT2D eigenvalue weighted by Crippen LogP contribution is -2.48. The summed E-state index contributed by atoms with van der Waals surface area (Å²) < 4.78 is 0. The molecule has 4 rings (SSSR count). The van der Waals surface area contributed by atoms with Gasteiger partial charge in [-0.2, -0.15) is 0 Å². The molecule has 0 bridgehead atoms. The van der Waals surface area contributed by atoms with Crippen LogP contribution in [-0.4, -0.2) is 52.9 Å². The van der Waals surface area contributed by atoms with Crippen molar-refractivity contribution in [3.05, 3.63) is 39.9 Å². The summed E-state index contributed by atoms with van der Waals surface area (Å²) in [5, 5.41) is 0.963. The number of hydrogen-bond acceptors (Lipinski definition) is 4. The molecular weight excluding hydrogens is 366 g/mol. The van der Waals surface area contributed by atoms with Crippen molar-refractivity contribution in [3.8, 4) is 10.6 Å². The Kier molecular flexibility index (Phi) is 5.83. The first-order valence-corrected chi connectivity index (χ1v) is 11.4. The number of hydrogen-bond donors (Lipinski definition) is 0. The predicted octanol–water partition coefficient (Wildman–Crippen LogP) is 4.83. The third-order valence-corrected chi connectivity index (χ3v) is 7.66.